The van der Waals surface area contributed by atoms with Gasteiger partial charge in [0, 0.05) is 0 Å². The molecule has 8 rings (SSSR count). The van der Waals surface area contributed by atoms with E-state index in [1.165, 1.54) is 25.2 Å². The first-order chi connectivity index (χ1) is 14.3. The fourth-order valence-corrected chi connectivity index (χ4v) is 13.6. The Morgan fingerprint density at radius 3 is 1.41 bits per heavy atom. The highest BCUT2D eigenvalue weighted by Gasteiger charge is 2.72. The summed E-state index contributed by atoms with van der Waals surface area (Å²) >= 11 is 0. The van der Waals surface area contributed by atoms with Crippen LogP contribution in [0.1, 0.15) is 70.6 Å². The predicted molar refractivity (Wildman–Crippen MR) is 113 cm³/mol. The van der Waals surface area contributed by atoms with Crippen LogP contribution in [0.25, 0.3) is 0 Å². The number of rotatable bonds is 0. The van der Waals surface area contributed by atoms with Crippen molar-refractivity contribution >= 4 is 0 Å². The largest absolute Gasteiger partial charge is 0.393 e. The molecule has 8 aliphatic rings. The van der Waals surface area contributed by atoms with Gasteiger partial charge >= 0.3 is 0 Å². The van der Waals surface area contributed by atoms with Crippen LogP contribution < -0.4 is 0 Å². The van der Waals surface area contributed by atoms with Gasteiger partial charge in [-0.15, -0.1) is 0 Å². The van der Waals surface area contributed by atoms with Gasteiger partial charge in [-0.05, 0) is 165 Å². The van der Waals surface area contributed by atoms with Gasteiger partial charge in [0.05, 0.1) is 6.10 Å². The van der Waals surface area contributed by atoms with Gasteiger partial charge in [0.2, 0.25) is 0 Å². The third-order valence-corrected chi connectivity index (χ3v) is 14.2. The summed E-state index contributed by atoms with van der Waals surface area (Å²) in [5, 5.41) is 11.4. The predicted octanol–water partition coefficient (Wildman–Crippen LogP) is 5.62. The van der Waals surface area contributed by atoms with E-state index in [2.05, 4.69) is 0 Å². The van der Waals surface area contributed by atoms with E-state index in [4.69, 9.17) is 0 Å². The first-order valence-electron chi connectivity index (χ1n) is 14.0. The van der Waals surface area contributed by atoms with Crippen molar-refractivity contribution in [1.82, 2.24) is 0 Å². The second-order valence-corrected chi connectivity index (χ2v) is 14.0. The smallest absolute Gasteiger partial charge is 0.0574 e. The first-order valence-corrected chi connectivity index (χ1v) is 14.0. The maximum atomic E-state index is 11.4. The highest BCUT2D eigenvalue weighted by atomic mass is 16.3. The summed E-state index contributed by atoms with van der Waals surface area (Å²) in [4.78, 5) is 0. The monoisotopic (exact) mass is 392 g/mol. The minimum Gasteiger partial charge on any atom is -0.393 e. The normalized spacial score (nSPS) is 72.5. The summed E-state index contributed by atoms with van der Waals surface area (Å²) in [6, 6.07) is 0. The number of fused-ring (bicyclic) bond motifs is 17. The molecule has 8 aliphatic carbocycles. The van der Waals surface area contributed by atoms with Crippen molar-refractivity contribution in [3.8, 4) is 0 Å². The molecule has 0 aliphatic heterocycles. The highest BCUT2D eigenvalue weighted by Crippen LogP contribution is 2.78. The molecule has 1 nitrogen and oxygen atoms in total. The summed E-state index contributed by atoms with van der Waals surface area (Å²) in [7, 11) is 0. The molecule has 17 atom stereocenters. The van der Waals surface area contributed by atoms with Gasteiger partial charge in [-0.1, -0.05) is 0 Å². The zero-order valence-corrected chi connectivity index (χ0v) is 18.0. The van der Waals surface area contributed by atoms with Crippen molar-refractivity contribution in [2.75, 3.05) is 0 Å². The zero-order chi connectivity index (χ0) is 18.6. The van der Waals surface area contributed by atoms with Gasteiger partial charge in [0.15, 0.2) is 0 Å². The van der Waals surface area contributed by atoms with Crippen LogP contribution in [0.2, 0.25) is 0 Å². The first kappa shape index (κ1) is 16.6. The summed E-state index contributed by atoms with van der Waals surface area (Å²) in [6.07, 6.45) is 16.8. The second kappa shape index (κ2) is 5.29. The van der Waals surface area contributed by atoms with E-state index < -0.39 is 0 Å². The lowest BCUT2D eigenvalue weighted by atomic mass is 9.28. The Kier molecular flexibility index (Phi) is 3.03. The summed E-state index contributed by atoms with van der Waals surface area (Å²) in [5.41, 5.74) is 0. The van der Waals surface area contributed by atoms with Crippen LogP contribution in [0.3, 0.4) is 0 Å². The highest BCUT2D eigenvalue weighted by molar-refractivity contribution is 5.20. The number of aliphatic hydroxyl groups is 1. The summed E-state index contributed by atoms with van der Waals surface area (Å²) < 4.78 is 0. The Morgan fingerprint density at radius 2 is 0.793 bits per heavy atom. The minimum atomic E-state index is 0.0550. The lowest BCUT2D eigenvalue weighted by molar-refractivity contribution is -0.293. The molecule has 8 fully saturated rings. The summed E-state index contributed by atoms with van der Waals surface area (Å²) in [6.45, 7) is 0. The third kappa shape index (κ3) is 1.74. The molecule has 0 spiro atoms. The molecule has 0 saturated heterocycles. The molecule has 8 saturated carbocycles. The van der Waals surface area contributed by atoms with Crippen LogP contribution in [-0.4, -0.2) is 11.2 Å². The number of aliphatic hydroxyl groups excluding tert-OH is 1. The van der Waals surface area contributed by atoms with Gasteiger partial charge in [-0.2, -0.15) is 0 Å². The standard InChI is InChI=1S/C28H40O/c29-22-11-14-3-6-17-19-8-7-18-16-5-2-13-10-20(22)21-9-12-1-4-15(12)23(13)25(16)27(18)28(19)26(17)24(14)21/h12-29H,1-11H2. The Labute approximate surface area is 176 Å². The van der Waals surface area contributed by atoms with E-state index in [0.29, 0.717) is 5.92 Å². The molecule has 17 unspecified atom stereocenters. The Bertz CT molecular complexity index is 745. The van der Waals surface area contributed by atoms with Crippen LogP contribution >= 0.6 is 0 Å². The van der Waals surface area contributed by atoms with Crippen molar-refractivity contribution in [1.29, 1.82) is 0 Å². The van der Waals surface area contributed by atoms with Crippen molar-refractivity contribution in [3.05, 3.63) is 0 Å². The number of hydrogen-bond acceptors (Lipinski definition) is 1. The van der Waals surface area contributed by atoms with Crippen LogP contribution in [0, 0.1) is 94.7 Å². The Balaban J connectivity index is 1.26. The van der Waals surface area contributed by atoms with Gasteiger partial charge in [0.1, 0.15) is 0 Å². The van der Waals surface area contributed by atoms with E-state index in [9.17, 15) is 5.11 Å². The second-order valence-electron chi connectivity index (χ2n) is 14.0. The molecular formula is C28H40O. The van der Waals surface area contributed by atoms with Crippen LogP contribution in [0.15, 0.2) is 0 Å². The molecule has 158 valence electrons. The zero-order valence-electron chi connectivity index (χ0n) is 18.0. The molecule has 0 radical (unpaired) electrons. The van der Waals surface area contributed by atoms with Crippen molar-refractivity contribution in [2.45, 2.75) is 76.7 Å². The van der Waals surface area contributed by atoms with Gasteiger partial charge in [-0.25, -0.2) is 0 Å². The molecule has 0 aromatic carbocycles. The molecule has 0 bridgehead atoms. The molecule has 1 heteroatoms. The van der Waals surface area contributed by atoms with Crippen LogP contribution in [0.5, 0.6) is 0 Å². The Hall–Kier alpha value is -0.0400. The van der Waals surface area contributed by atoms with E-state index >= 15 is 0 Å². The fraction of sp³-hybridized carbons (Fsp3) is 1.00. The maximum absolute atomic E-state index is 11.4. The SMILES string of the molecule is OC1CC2CCC3C4CCC5C6CCC7CC1C1CC8CCC8C7C6C5C4C3C21. The molecular weight excluding hydrogens is 352 g/mol. The van der Waals surface area contributed by atoms with E-state index in [1.807, 2.05) is 0 Å². The van der Waals surface area contributed by atoms with Crippen molar-refractivity contribution in [3.63, 3.8) is 0 Å². The van der Waals surface area contributed by atoms with Gasteiger partial charge in [0.25, 0.3) is 0 Å². The molecule has 0 heterocycles. The molecule has 0 amide bonds. The molecule has 0 aromatic heterocycles. The lowest BCUT2D eigenvalue weighted by Gasteiger charge is -2.77. The van der Waals surface area contributed by atoms with Crippen molar-refractivity contribution in [2.24, 2.45) is 94.7 Å². The van der Waals surface area contributed by atoms with Crippen LogP contribution in [-0.2, 0) is 0 Å². The number of hydrogen-bond donors (Lipinski definition) is 1. The average Bonchev–Trinajstić information content (AvgIpc) is 2.67. The maximum Gasteiger partial charge on any atom is 0.0574 e. The van der Waals surface area contributed by atoms with Crippen LogP contribution in [0.4, 0.5) is 0 Å². The van der Waals surface area contributed by atoms with E-state index in [1.54, 1.807) is 51.4 Å². The van der Waals surface area contributed by atoms with Gasteiger partial charge in [-0.3, -0.25) is 0 Å². The molecule has 1 N–H and O–H groups in total. The quantitative estimate of drug-likeness (QED) is 0.567. The average molecular weight is 393 g/mol. The van der Waals surface area contributed by atoms with E-state index in [-0.39, 0.29) is 6.10 Å². The fourth-order valence-electron chi connectivity index (χ4n) is 13.6. The minimum absolute atomic E-state index is 0.0550. The van der Waals surface area contributed by atoms with E-state index in [0.717, 1.165) is 82.9 Å². The van der Waals surface area contributed by atoms with Gasteiger partial charge < -0.3 is 5.11 Å². The van der Waals surface area contributed by atoms with Crippen molar-refractivity contribution < 1.29 is 5.11 Å². The summed E-state index contributed by atoms with van der Waals surface area (Å²) in [5.74, 6) is 17.0. The third-order valence-electron chi connectivity index (χ3n) is 14.2. The lowest BCUT2D eigenvalue weighted by Crippen LogP contribution is -2.72. The molecule has 29 heavy (non-hydrogen) atoms. The topological polar surface area (TPSA) is 20.2 Å². The Morgan fingerprint density at radius 1 is 0.345 bits per heavy atom. The molecule has 0 aromatic rings.